The molecule has 1 fully saturated rings. The van der Waals surface area contributed by atoms with Gasteiger partial charge in [0.05, 0.1) is 18.9 Å². The average molecular weight is 296 g/mol. The zero-order valence-electron chi connectivity index (χ0n) is 12.2. The van der Waals surface area contributed by atoms with E-state index in [2.05, 4.69) is 10.6 Å². The molecule has 21 heavy (non-hydrogen) atoms. The van der Waals surface area contributed by atoms with Crippen LogP contribution in [0.25, 0.3) is 0 Å². The number of carbonyl (C=O) groups is 1. The van der Waals surface area contributed by atoms with Crippen LogP contribution >= 0.6 is 0 Å². The average Bonchev–Trinajstić information content (AvgIpc) is 3.26. The third kappa shape index (κ3) is 5.32. The Labute approximate surface area is 123 Å². The second-order valence-corrected chi connectivity index (χ2v) is 4.88. The Morgan fingerprint density at radius 3 is 2.81 bits per heavy atom. The standard InChI is InChI=1S/C15H21FN2O3/c1-2-20-8-9-21-10-14(19)18-15-12(16)4-3-5-13(15)17-11-6-7-11/h3-5,11,17H,2,6-10H2,1H3,(H,18,19). The van der Waals surface area contributed by atoms with Gasteiger partial charge in [-0.1, -0.05) is 6.07 Å². The highest BCUT2D eigenvalue weighted by Crippen LogP contribution is 2.31. The molecular weight excluding hydrogens is 275 g/mol. The number of ether oxygens (including phenoxy) is 2. The number of hydrogen-bond donors (Lipinski definition) is 2. The van der Waals surface area contributed by atoms with Crippen molar-refractivity contribution in [2.24, 2.45) is 0 Å². The molecule has 0 aliphatic heterocycles. The number of nitrogens with one attached hydrogen (secondary N) is 2. The highest BCUT2D eigenvalue weighted by atomic mass is 19.1. The van der Waals surface area contributed by atoms with Crippen molar-refractivity contribution in [2.45, 2.75) is 25.8 Å². The van der Waals surface area contributed by atoms with Gasteiger partial charge < -0.3 is 20.1 Å². The molecule has 1 aliphatic rings. The second-order valence-electron chi connectivity index (χ2n) is 4.88. The summed E-state index contributed by atoms with van der Waals surface area (Å²) in [6, 6.07) is 5.08. The highest BCUT2D eigenvalue weighted by molar-refractivity contribution is 5.95. The maximum absolute atomic E-state index is 13.9. The quantitative estimate of drug-likeness (QED) is 0.687. The molecule has 1 aliphatic carbocycles. The van der Waals surface area contributed by atoms with Gasteiger partial charge in [-0.3, -0.25) is 4.79 Å². The first kappa shape index (κ1) is 15.7. The van der Waals surface area contributed by atoms with Crippen molar-refractivity contribution in [2.75, 3.05) is 37.1 Å². The van der Waals surface area contributed by atoms with Gasteiger partial charge >= 0.3 is 0 Å². The van der Waals surface area contributed by atoms with Gasteiger partial charge in [-0.2, -0.15) is 0 Å². The molecule has 2 N–H and O–H groups in total. The van der Waals surface area contributed by atoms with Gasteiger partial charge in [0.2, 0.25) is 0 Å². The number of para-hydroxylation sites is 1. The number of benzene rings is 1. The minimum atomic E-state index is -0.455. The van der Waals surface area contributed by atoms with Crippen molar-refractivity contribution >= 4 is 17.3 Å². The Hall–Kier alpha value is -1.66. The van der Waals surface area contributed by atoms with E-state index in [1.54, 1.807) is 12.1 Å². The lowest BCUT2D eigenvalue weighted by Crippen LogP contribution is -2.21. The fourth-order valence-corrected chi connectivity index (χ4v) is 1.82. The maximum atomic E-state index is 13.9. The first-order chi connectivity index (χ1) is 10.2. The van der Waals surface area contributed by atoms with Crippen molar-refractivity contribution < 1.29 is 18.7 Å². The summed E-state index contributed by atoms with van der Waals surface area (Å²) < 4.78 is 24.1. The summed E-state index contributed by atoms with van der Waals surface area (Å²) in [5.74, 6) is -0.834. The van der Waals surface area contributed by atoms with E-state index in [-0.39, 0.29) is 18.2 Å². The van der Waals surface area contributed by atoms with Crippen LogP contribution in [0.3, 0.4) is 0 Å². The Morgan fingerprint density at radius 1 is 1.33 bits per heavy atom. The van der Waals surface area contributed by atoms with Gasteiger partial charge in [0.25, 0.3) is 5.91 Å². The Bertz CT molecular complexity index is 478. The van der Waals surface area contributed by atoms with Crippen molar-refractivity contribution in [1.29, 1.82) is 0 Å². The zero-order chi connectivity index (χ0) is 15.1. The van der Waals surface area contributed by atoms with Gasteiger partial charge in [-0.25, -0.2) is 4.39 Å². The molecule has 0 spiro atoms. The van der Waals surface area contributed by atoms with E-state index < -0.39 is 5.82 Å². The number of carbonyl (C=O) groups excluding carboxylic acids is 1. The van der Waals surface area contributed by atoms with E-state index in [0.717, 1.165) is 12.8 Å². The van der Waals surface area contributed by atoms with Gasteiger partial charge in [-0.05, 0) is 31.9 Å². The van der Waals surface area contributed by atoms with Crippen LogP contribution < -0.4 is 10.6 Å². The van der Waals surface area contributed by atoms with Gasteiger partial charge in [0.1, 0.15) is 18.1 Å². The van der Waals surface area contributed by atoms with Crippen molar-refractivity contribution in [3.05, 3.63) is 24.0 Å². The zero-order valence-corrected chi connectivity index (χ0v) is 12.2. The normalized spacial score (nSPS) is 14.0. The molecule has 0 heterocycles. The maximum Gasteiger partial charge on any atom is 0.250 e. The highest BCUT2D eigenvalue weighted by Gasteiger charge is 2.23. The summed E-state index contributed by atoms with van der Waals surface area (Å²) in [6.45, 7) is 3.16. The Morgan fingerprint density at radius 2 is 2.10 bits per heavy atom. The fourth-order valence-electron chi connectivity index (χ4n) is 1.82. The minimum absolute atomic E-state index is 0.121. The number of amides is 1. The molecule has 0 aromatic heterocycles. The lowest BCUT2D eigenvalue weighted by Gasteiger charge is -2.13. The summed E-state index contributed by atoms with van der Waals surface area (Å²) in [7, 11) is 0. The van der Waals surface area contributed by atoms with Gasteiger partial charge in [0.15, 0.2) is 0 Å². The molecule has 1 amide bonds. The topological polar surface area (TPSA) is 59.6 Å². The van der Waals surface area contributed by atoms with Crippen LogP contribution in [0.4, 0.5) is 15.8 Å². The molecule has 116 valence electrons. The van der Waals surface area contributed by atoms with E-state index in [1.807, 2.05) is 6.92 Å². The molecule has 0 bridgehead atoms. The predicted octanol–water partition coefficient (Wildman–Crippen LogP) is 2.39. The molecule has 1 saturated carbocycles. The van der Waals surface area contributed by atoms with E-state index in [9.17, 15) is 9.18 Å². The molecule has 5 nitrogen and oxygen atoms in total. The van der Waals surface area contributed by atoms with Gasteiger partial charge in [0, 0.05) is 12.6 Å². The summed E-state index contributed by atoms with van der Waals surface area (Å²) in [4.78, 5) is 11.8. The van der Waals surface area contributed by atoms with Crippen LogP contribution in [0.1, 0.15) is 19.8 Å². The molecule has 0 radical (unpaired) electrons. The van der Waals surface area contributed by atoms with E-state index >= 15 is 0 Å². The summed E-state index contributed by atoms with van der Waals surface area (Å²) in [6.07, 6.45) is 2.15. The third-order valence-corrected chi connectivity index (χ3v) is 3.02. The van der Waals surface area contributed by atoms with E-state index in [0.29, 0.717) is 31.5 Å². The van der Waals surface area contributed by atoms with Crippen LogP contribution in [-0.4, -0.2) is 38.4 Å². The summed E-state index contributed by atoms with van der Waals surface area (Å²) in [5.41, 5.74) is 0.794. The lowest BCUT2D eigenvalue weighted by atomic mass is 10.2. The summed E-state index contributed by atoms with van der Waals surface area (Å²) >= 11 is 0. The SMILES string of the molecule is CCOCCOCC(=O)Nc1c(F)cccc1NC1CC1. The van der Waals surface area contributed by atoms with Crippen molar-refractivity contribution in [1.82, 2.24) is 0 Å². The fraction of sp³-hybridized carbons (Fsp3) is 0.533. The van der Waals surface area contributed by atoms with Crippen LogP contribution in [0, 0.1) is 5.82 Å². The van der Waals surface area contributed by atoms with Crippen molar-refractivity contribution in [3.8, 4) is 0 Å². The number of anilines is 2. The smallest absolute Gasteiger partial charge is 0.250 e. The largest absolute Gasteiger partial charge is 0.381 e. The molecular formula is C15H21FN2O3. The first-order valence-electron chi connectivity index (χ1n) is 7.21. The van der Waals surface area contributed by atoms with Crippen LogP contribution in [-0.2, 0) is 14.3 Å². The minimum Gasteiger partial charge on any atom is -0.381 e. The molecule has 0 unspecified atom stereocenters. The van der Waals surface area contributed by atoms with E-state index in [1.165, 1.54) is 6.07 Å². The Kier molecular flexibility index (Phi) is 5.95. The molecule has 1 aromatic carbocycles. The molecule has 0 saturated heterocycles. The third-order valence-electron chi connectivity index (χ3n) is 3.02. The predicted molar refractivity (Wildman–Crippen MR) is 79.0 cm³/mol. The molecule has 1 aromatic rings. The van der Waals surface area contributed by atoms with E-state index in [4.69, 9.17) is 9.47 Å². The monoisotopic (exact) mass is 296 g/mol. The van der Waals surface area contributed by atoms with Crippen LogP contribution in [0.5, 0.6) is 0 Å². The molecule has 2 rings (SSSR count). The Balaban J connectivity index is 1.84. The van der Waals surface area contributed by atoms with Crippen molar-refractivity contribution in [3.63, 3.8) is 0 Å². The number of hydrogen-bond acceptors (Lipinski definition) is 4. The molecule has 0 atom stereocenters. The summed E-state index contributed by atoms with van der Waals surface area (Å²) in [5, 5.41) is 5.76. The lowest BCUT2D eigenvalue weighted by molar-refractivity contribution is -0.121. The van der Waals surface area contributed by atoms with Crippen LogP contribution in [0.15, 0.2) is 18.2 Å². The first-order valence-corrected chi connectivity index (χ1v) is 7.21. The van der Waals surface area contributed by atoms with Gasteiger partial charge in [-0.15, -0.1) is 0 Å². The van der Waals surface area contributed by atoms with Crippen LogP contribution in [0.2, 0.25) is 0 Å². The molecule has 6 heteroatoms. The second kappa shape index (κ2) is 7.95. The number of halogens is 1. The number of rotatable bonds is 9.